The molecular formula is C25H31N3O4S. The number of sulfonamides is 1. The number of ether oxygens (including phenoxy) is 1. The third-order valence-electron chi connectivity index (χ3n) is 7.25. The second-order valence-electron chi connectivity index (χ2n) is 9.27. The van der Waals surface area contributed by atoms with Crippen molar-refractivity contribution in [1.29, 1.82) is 0 Å². The second-order valence-corrected chi connectivity index (χ2v) is 11.2. The molecule has 0 N–H and O–H groups in total. The lowest BCUT2D eigenvalue weighted by Gasteiger charge is -2.35. The molecule has 2 aromatic carbocycles. The molecule has 33 heavy (non-hydrogen) atoms. The summed E-state index contributed by atoms with van der Waals surface area (Å²) in [5.74, 6) is 1.11. The number of fused-ring (bicyclic) bond motifs is 1. The van der Waals surface area contributed by atoms with Crippen molar-refractivity contribution in [2.75, 3.05) is 43.1 Å². The highest BCUT2D eigenvalue weighted by Gasteiger charge is 2.38. The van der Waals surface area contributed by atoms with Crippen molar-refractivity contribution in [3.8, 4) is 5.75 Å². The first kappa shape index (κ1) is 22.2. The fourth-order valence-corrected chi connectivity index (χ4v) is 6.57. The number of hydrogen-bond acceptors (Lipinski definition) is 5. The van der Waals surface area contributed by atoms with Crippen LogP contribution >= 0.6 is 0 Å². The lowest BCUT2D eigenvalue weighted by Crippen LogP contribution is -2.48. The average molecular weight is 470 g/mol. The van der Waals surface area contributed by atoms with Gasteiger partial charge in [0.2, 0.25) is 15.9 Å². The van der Waals surface area contributed by atoms with Gasteiger partial charge in [0.05, 0.1) is 12.0 Å². The number of benzene rings is 2. The summed E-state index contributed by atoms with van der Waals surface area (Å²) in [7, 11) is -1.95. The lowest BCUT2D eigenvalue weighted by atomic mass is 9.84. The molecule has 1 saturated heterocycles. The molecule has 1 atom stereocenters. The summed E-state index contributed by atoms with van der Waals surface area (Å²) in [6, 6.07) is 13.2. The van der Waals surface area contributed by atoms with E-state index in [0.29, 0.717) is 37.5 Å². The fourth-order valence-electron chi connectivity index (χ4n) is 5.10. The normalized spacial score (nSPS) is 21.6. The van der Waals surface area contributed by atoms with E-state index in [1.165, 1.54) is 0 Å². The van der Waals surface area contributed by atoms with Crippen LogP contribution in [0.5, 0.6) is 5.75 Å². The Morgan fingerprint density at radius 1 is 1.03 bits per heavy atom. The first-order valence-corrected chi connectivity index (χ1v) is 13.2. The van der Waals surface area contributed by atoms with Gasteiger partial charge in [0, 0.05) is 55.6 Å². The van der Waals surface area contributed by atoms with Crippen LogP contribution in [0.2, 0.25) is 0 Å². The SMILES string of the molecule is COc1cccc(N2CCN(S(=O)(=O)c3ccc4c(c3)CC(C)N4C(=O)C3CCC3)CC2)c1. The minimum atomic E-state index is -3.59. The molecule has 1 amide bonds. The zero-order valence-electron chi connectivity index (χ0n) is 19.2. The first-order valence-electron chi connectivity index (χ1n) is 11.7. The van der Waals surface area contributed by atoms with E-state index in [9.17, 15) is 13.2 Å². The van der Waals surface area contributed by atoms with E-state index in [4.69, 9.17) is 4.74 Å². The van der Waals surface area contributed by atoms with Crippen LogP contribution in [0.1, 0.15) is 31.7 Å². The van der Waals surface area contributed by atoms with Crippen molar-refractivity contribution < 1.29 is 17.9 Å². The maximum absolute atomic E-state index is 13.4. The molecule has 7 nitrogen and oxygen atoms in total. The predicted octanol–water partition coefficient (Wildman–Crippen LogP) is 3.28. The average Bonchev–Trinajstić information content (AvgIpc) is 3.13. The molecule has 3 aliphatic rings. The molecule has 2 heterocycles. The Labute approximate surface area is 196 Å². The van der Waals surface area contributed by atoms with Gasteiger partial charge in [0.25, 0.3) is 0 Å². The predicted molar refractivity (Wildman–Crippen MR) is 128 cm³/mol. The number of carbonyl (C=O) groups is 1. The third kappa shape index (κ3) is 3.99. The van der Waals surface area contributed by atoms with Gasteiger partial charge in [0.1, 0.15) is 5.75 Å². The molecule has 0 bridgehead atoms. The van der Waals surface area contributed by atoms with E-state index in [0.717, 1.165) is 42.0 Å². The Morgan fingerprint density at radius 2 is 1.79 bits per heavy atom. The van der Waals surface area contributed by atoms with Gasteiger partial charge < -0.3 is 14.5 Å². The molecule has 1 aliphatic carbocycles. The van der Waals surface area contributed by atoms with Crippen LogP contribution in [-0.4, -0.2) is 58.0 Å². The van der Waals surface area contributed by atoms with Crippen molar-refractivity contribution in [3.63, 3.8) is 0 Å². The van der Waals surface area contributed by atoms with Crippen LogP contribution in [0, 0.1) is 5.92 Å². The molecule has 5 rings (SSSR count). The van der Waals surface area contributed by atoms with E-state index < -0.39 is 10.0 Å². The molecule has 1 unspecified atom stereocenters. The number of anilines is 2. The van der Waals surface area contributed by atoms with E-state index in [1.54, 1.807) is 23.5 Å². The minimum absolute atomic E-state index is 0.0671. The van der Waals surface area contributed by atoms with Gasteiger partial charge in [0.15, 0.2) is 0 Å². The van der Waals surface area contributed by atoms with Crippen molar-refractivity contribution >= 4 is 27.3 Å². The fraction of sp³-hybridized carbons (Fsp3) is 0.480. The maximum atomic E-state index is 13.4. The molecule has 0 aromatic heterocycles. The molecule has 2 fully saturated rings. The van der Waals surface area contributed by atoms with Gasteiger partial charge in [-0.1, -0.05) is 12.5 Å². The van der Waals surface area contributed by atoms with Crippen molar-refractivity contribution in [2.24, 2.45) is 5.92 Å². The number of carbonyl (C=O) groups excluding carboxylic acids is 1. The van der Waals surface area contributed by atoms with E-state index >= 15 is 0 Å². The largest absolute Gasteiger partial charge is 0.497 e. The number of nitrogens with zero attached hydrogens (tertiary/aromatic N) is 3. The Hall–Kier alpha value is -2.58. The van der Waals surface area contributed by atoms with Crippen LogP contribution < -0.4 is 14.5 Å². The van der Waals surface area contributed by atoms with Gasteiger partial charge in [-0.15, -0.1) is 0 Å². The molecule has 0 spiro atoms. The standard InChI is InChI=1S/C25H31N3O4S/c1-18-15-20-16-23(9-10-24(20)28(18)25(29)19-5-3-6-19)33(30,31)27-13-11-26(12-14-27)21-7-4-8-22(17-21)32-2/h4,7-10,16-19H,3,5-6,11-15H2,1-2H3. The Bertz CT molecular complexity index is 1150. The summed E-state index contributed by atoms with van der Waals surface area (Å²) in [6.45, 7) is 4.15. The van der Waals surface area contributed by atoms with Crippen LogP contribution in [0.15, 0.2) is 47.4 Å². The molecule has 176 valence electrons. The number of methoxy groups -OCH3 is 1. The summed E-state index contributed by atoms with van der Waals surface area (Å²) in [4.78, 5) is 17.3. The summed E-state index contributed by atoms with van der Waals surface area (Å²) < 4.78 is 33.7. The highest BCUT2D eigenvalue weighted by molar-refractivity contribution is 7.89. The summed E-state index contributed by atoms with van der Waals surface area (Å²) >= 11 is 0. The summed E-state index contributed by atoms with van der Waals surface area (Å²) in [6.07, 6.45) is 3.74. The number of piperazine rings is 1. The Balaban J connectivity index is 1.31. The molecule has 2 aliphatic heterocycles. The minimum Gasteiger partial charge on any atom is -0.497 e. The zero-order chi connectivity index (χ0) is 23.2. The third-order valence-corrected chi connectivity index (χ3v) is 9.15. The number of hydrogen-bond donors (Lipinski definition) is 0. The van der Waals surface area contributed by atoms with Gasteiger partial charge >= 0.3 is 0 Å². The van der Waals surface area contributed by atoms with Gasteiger partial charge in [-0.25, -0.2) is 8.42 Å². The van der Waals surface area contributed by atoms with Crippen LogP contribution in [0.3, 0.4) is 0 Å². The second kappa shape index (κ2) is 8.65. The Morgan fingerprint density at radius 3 is 2.45 bits per heavy atom. The highest BCUT2D eigenvalue weighted by Crippen LogP contribution is 2.38. The lowest BCUT2D eigenvalue weighted by molar-refractivity contribution is -0.125. The van der Waals surface area contributed by atoms with Gasteiger partial charge in [-0.2, -0.15) is 4.31 Å². The van der Waals surface area contributed by atoms with Crippen LogP contribution in [-0.2, 0) is 21.2 Å². The van der Waals surface area contributed by atoms with Gasteiger partial charge in [-0.3, -0.25) is 4.79 Å². The molecule has 0 radical (unpaired) electrons. The number of rotatable bonds is 5. The van der Waals surface area contributed by atoms with Crippen molar-refractivity contribution in [3.05, 3.63) is 48.0 Å². The zero-order valence-corrected chi connectivity index (χ0v) is 20.1. The summed E-state index contributed by atoms with van der Waals surface area (Å²) in [5, 5.41) is 0. The molecular weight excluding hydrogens is 438 g/mol. The smallest absolute Gasteiger partial charge is 0.243 e. The quantitative estimate of drug-likeness (QED) is 0.672. The van der Waals surface area contributed by atoms with E-state index in [2.05, 4.69) is 4.90 Å². The Kier molecular flexibility index (Phi) is 5.82. The van der Waals surface area contributed by atoms with E-state index in [1.807, 2.05) is 42.2 Å². The molecule has 1 saturated carbocycles. The topological polar surface area (TPSA) is 70.2 Å². The highest BCUT2D eigenvalue weighted by atomic mass is 32.2. The van der Waals surface area contributed by atoms with Gasteiger partial charge in [-0.05, 0) is 62.1 Å². The van der Waals surface area contributed by atoms with E-state index in [-0.39, 0.29) is 17.9 Å². The molecule has 2 aromatic rings. The monoisotopic (exact) mass is 469 g/mol. The van der Waals surface area contributed by atoms with Crippen LogP contribution in [0.25, 0.3) is 0 Å². The molecule has 8 heteroatoms. The summed E-state index contributed by atoms with van der Waals surface area (Å²) in [5.41, 5.74) is 2.86. The number of amides is 1. The maximum Gasteiger partial charge on any atom is 0.243 e. The first-order chi connectivity index (χ1) is 15.9. The van der Waals surface area contributed by atoms with Crippen molar-refractivity contribution in [2.45, 2.75) is 43.5 Å². The van der Waals surface area contributed by atoms with Crippen LogP contribution in [0.4, 0.5) is 11.4 Å². The van der Waals surface area contributed by atoms with Crippen molar-refractivity contribution in [1.82, 2.24) is 4.31 Å².